The van der Waals surface area contributed by atoms with E-state index < -0.39 is 0 Å². The molecule has 1 saturated heterocycles. The summed E-state index contributed by atoms with van der Waals surface area (Å²) in [6.07, 6.45) is 4.11. The number of H-pyrrole nitrogens is 1. The van der Waals surface area contributed by atoms with Crippen LogP contribution in [-0.2, 0) is 6.61 Å². The van der Waals surface area contributed by atoms with Crippen molar-refractivity contribution < 1.29 is 4.74 Å². The molecule has 4 heterocycles. The van der Waals surface area contributed by atoms with E-state index >= 15 is 0 Å². The normalized spacial score (nSPS) is 15.9. The van der Waals surface area contributed by atoms with Gasteiger partial charge in [0.25, 0.3) is 11.1 Å². The number of nitrogens with zero attached hydrogens (tertiary/aromatic N) is 3. The molecule has 0 bridgehead atoms. The molecule has 9 heteroatoms. The third-order valence-corrected chi connectivity index (χ3v) is 5.44. The summed E-state index contributed by atoms with van der Waals surface area (Å²) >= 11 is 5.82. The van der Waals surface area contributed by atoms with Crippen LogP contribution in [0.25, 0.3) is 5.69 Å². The molecule has 1 aliphatic rings. The molecule has 0 spiro atoms. The minimum Gasteiger partial charge on any atom is -0.487 e. The number of likely N-dealkylation sites (N-methyl/N-ethyl adjacent to an activating group) is 1. The predicted molar refractivity (Wildman–Crippen MR) is 121 cm³/mol. The van der Waals surface area contributed by atoms with Gasteiger partial charge < -0.3 is 19.9 Å². The molecule has 0 radical (unpaired) electrons. The van der Waals surface area contributed by atoms with E-state index in [2.05, 4.69) is 27.1 Å². The van der Waals surface area contributed by atoms with E-state index in [1.165, 1.54) is 23.0 Å². The Kier molecular flexibility index (Phi) is 6.39. The van der Waals surface area contributed by atoms with Gasteiger partial charge in [-0.1, -0.05) is 18.5 Å². The van der Waals surface area contributed by atoms with Gasteiger partial charge in [0.1, 0.15) is 23.9 Å². The zero-order chi connectivity index (χ0) is 21.8. The van der Waals surface area contributed by atoms with Crippen molar-refractivity contribution in [3.05, 3.63) is 80.2 Å². The number of aromatic amines is 1. The highest BCUT2D eigenvalue weighted by Gasteiger charge is 2.22. The summed E-state index contributed by atoms with van der Waals surface area (Å²) in [4.78, 5) is 34.5. The van der Waals surface area contributed by atoms with Gasteiger partial charge in [-0.25, -0.2) is 0 Å². The maximum absolute atomic E-state index is 12.7. The zero-order valence-corrected chi connectivity index (χ0v) is 17.9. The zero-order valence-electron chi connectivity index (χ0n) is 17.2. The van der Waals surface area contributed by atoms with Crippen LogP contribution in [0.15, 0.2) is 58.4 Å². The second kappa shape index (κ2) is 9.36. The number of halogens is 1. The lowest BCUT2D eigenvalue weighted by molar-refractivity contribution is 0.300. The molecule has 1 atom stereocenters. The Hall–Kier alpha value is -3.10. The first-order valence-electron chi connectivity index (χ1n) is 10.2. The van der Waals surface area contributed by atoms with Crippen LogP contribution in [0.5, 0.6) is 5.75 Å². The molecule has 0 saturated carbocycles. The minimum absolute atomic E-state index is 0.208. The van der Waals surface area contributed by atoms with Crippen LogP contribution in [0.3, 0.4) is 0 Å². The van der Waals surface area contributed by atoms with Crippen molar-refractivity contribution in [2.24, 2.45) is 0 Å². The number of nitrogens with one attached hydrogen (secondary N) is 2. The Morgan fingerprint density at radius 2 is 2.13 bits per heavy atom. The monoisotopic (exact) mass is 441 g/mol. The van der Waals surface area contributed by atoms with E-state index in [-0.39, 0.29) is 23.4 Å². The van der Waals surface area contributed by atoms with Gasteiger partial charge in [-0.3, -0.25) is 19.1 Å². The molecular weight excluding hydrogens is 418 g/mol. The molecule has 1 aliphatic heterocycles. The average molecular weight is 442 g/mol. The van der Waals surface area contributed by atoms with E-state index in [0.717, 1.165) is 31.9 Å². The molecule has 0 unspecified atom stereocenters. The van der Waals surface area contributed by atoms with Gasteiger partial charge in [0, 0.05) is 37.6 Å². The lowest BCUT2D eigenvalue weighted by atomic mass is 10.3. The van der Waals surface area contributed by atoms with Gasteiger partial charge in [0.15, 0.2) is 0 Å². The molecular formula is C22H24ClN5O3. The third-order valence-electron chi connectivity index (χ3n) is 5.22. The van der Waals surface area contributed by atoms with E-state index in [1.54, 1.807) is 24.3 Å². The van der Waals surface area contributed by atoms with Crippen molar-refractivity contribution in [3.63, 3.8) is 0 Å². The molecule has 0 amide bonds. The Bertz CT molecular complexity index is 1160. The quantitative estimate of drug-likeness (QED) is 0.584. The largest absolute Gasteiger partial charge is 0.487 e. The number of hydrogen-bond acceptors (Lipinski definition) is 6. The molecule has 3 aromatic rings. The first-order valence-corrected chi connectivity index (χ1v) is 10.6. The predicted octanol–water partition coefficient (Wildman–Crippen LogP) is 2.34. The van der Waals surface area contributed by atoms with E-state index in [4.69, 9.17) is 16.3 Å². The van der Waals surface area contributed by atoms with E-state index in [9.17, 15) is 9.59 Å². The molecule has 4 rings (SSSR count). The number of pyridine rings is 3. The van der Waals surface area contributed by atoms with Crippen molar-refractivity contribution in [3.8, 4) is 11.4 Å². The average Bonchev–Trinajstić information content (AvgIpc) is 3.23. The molecule has 3 aromatic heterocycles. The maximum atomic E-state index is 12.7. The van der Waals surface area contributed by atoms with E-state index in [0.29, 0.717) is 22.5 Å². The SMILES string of the molecule is CCN[C@@H]1CCN(c2ccc(-n3ccc(OCc4ccc(Cl)cn4)cc3=O)c(=O)[nH]2)C1. The van der Waals surface area contributed by atoms with Gasteiger partial charge in [-0.2, -0.15) is 0 Å². The Labute approximate surface area is 184 Å². The smallest absolute Gasteiger partial charge is 0.273 e. The Balaban J connectivity index is 1.47. The van der Waals surface area contributed by atoms with Gasteiger partial charge in [-0.15, -0.1) is 0 Å². The van der Waals surface area contributed by atoms with Crippen LogP contribution in [0.1, 0.15) is 19.0 Å². The Morgan fingerprint density at radius 1 is 1.26 bits per heavy atom. The van der Waals surface area contributed by atoms with Crippen molar-refractivity contribution in [1.82, 2.24) is 19.9 Å². The lowest BCUT2D eigenvalue weighted by Gasteiger charge is -2.19. The fourth-order valence-electron chi connectivity index (χ4n) is 3.66. The van der Waals surface area contributed by atoms with Crippen LogP contribution in [0.4, 0.5) is 5.82 Å². The number of rotatable bonds is 7. The van der Waals surface area contributed by atoms with Crippen molar-refractivity contribution in [1.29, 1.82) is 0 Å². The van der Waals surface area contributed by atoms with Crippen molar-refractivity contribution >= 4 is 17.4 Å². The fourth-order valence-corrected chi connectivity index (χ4v) is 3.77. The van der Waals surface area contributed by atoms with Gasteiger partial charge in [0.05, 0.1) is 10.7 Å². The molecule has 2 N–H and O–H groups in total. The minimum atomic E-state index is -0.354. The summed E-state index contributed by atoms with van der Waals surface area (Å²) in [5.74, 6) is 1.16. The summed E-state index contributed by atoms with van der Waals surface area (Å²) in [5.41, 5.74) is 0.291. The summed E-state index contributed by atoms with van der Waals surface area (Å²) in [6.45, 7) is 4.94. The van der Waals surface area contributed by atoms with Crippen LogP contribution >= 0.6 is 11.6 Å². The van der Waals surface area contributed by atoms with Crippen LogP contribution in [0, 0.1) is 0 Å². The number of aromatic nitrogens is 3. The van der Waals surface area contributed by atoms with Crippen LogP contribution in [0.2, 0.25) is 5.02 Å². The molecule has 8 nitrogen and oxygen atoms in total. The summed E-state index contributed by atoms with van der Waals surface area (Å²) in [6, 6.07) is 10.4. The Morgan fingerprint density at radius 3 is 2.84 bits per heavy atom. The highest BCUT2D eigenvalue weighted by atomic mass is 35.5. The van der Waals surface area contributed by atoms with Crippen LogP contribution in [-0.4, -0.2) is 40.2 Å². The molecule has 0 aromatic carbocycles. The van der Waals surface area contributed by atoms with Crippen LogP contribution < -0.4 is 26.1 Å². The first-order chi connectivity index (χ1) is 15.0. The van der Waals surface area contributed by atoms with Gasteiger partial charge >= 0.3 is 0 Å². The number of hydrogen-bond donors (Lipinski definition) is 2. The fraction of sp³-hybridized carbons (Fsp3) is 0.318. The van der Waals surface area contributed by atoms with E-state index in [1.807, 2.05) is 6.07 Å². The van der Waals surface area contributed by atoms with Crippen molar-refractivity contribution in [2.45, 2.75) is 26.0 Å². The maximum Gasteiger partial charge on any atom is 0.273 e. The highest BCUT2D eigenvalue weighted by Crippen LogP contribution is 2.18. The highest BCUT2D eigenvalue weighted by molar-refractivity contribution is 6.30. The number of anilines is 1. The standard InChI is InChI=1S/C22H24ClN5O3/c1-2-24-16-7-9-27(13-16)20-6-5-19(22(30)26-20)28-10-8-18(11-21(28)29)31-14-17-4-3-15(23)12-25-17/h3-6,8,10-12,16,24H,2,7,9,13-14H2,1H3,(H,26,30)/t16-/m1/s1. The van der Waals surface area contributed by atoms with Gasteiger partial charge in [-0.05, 0) is 43.3 Å². The van der Waals surface area contributed by atoms with Crippen molar-refractivity contribution in [2.75, 3.05) is 24.5 Å². The lowest BCUT2D eigenvalue weighted by Crippen LogP contribution is -2.33. The first kappa shape index (κ1) is 21.1. The van der Waals surface area contributed by atoms with Gasteiger partial charge in [0.2, 0.25) is 0 Å². The summed E-state index contributed by atoms with van der Waals surface area (Å²) in [7, 11) is 0. The summed E-state index contributed by atoms with van der Waals surface area (Å²) < 4.78 is 6.94. The molecule has 0 aliphatic carbocycles. The topological polar surface area (TPSA) is 92.2 Å². The molecule has 1 fully saturated rings. The second-order valence-electron chi connectivity index (χ2n) is 7.37. The summed E-state index contributed by atoms with van der Waals surface area (Å²) in [5, 5.41) is 3.98. The third kappa shape index (κ3) is 4.98. The second-order valence-corrected chi connectivity index (χ2v) is 7.81. The molecule has 31 heavy (non-hydrogen) atoms. The number of ether oxygens (including phenoxy) is 1. The molecule has 162 valence electrons.